The first-order valence-electron chi connectivity index (χ1n) is 22.5. The Morgan fingerprint density at radius 2 is 1.19 bits per heavy atom. The van der Waals surface area contributed by atoms with Crippen LogP contribution in [0.15, 0.2) is 206 Å². The molecule has 2 heteroatoms. The predicted octanol–water partition coefficient (Wildman–Crippen LogP) is 15.3. The van der Waals surface area contributed by atoms with E-state index in [-0.39, 0.29) is 17.4 Å². The van der Waals surface area contributed by atoms with Crippen molar-refractivity contribution in [2.24, 2.45) is 11.8 Å². The maximum atomic E-state index is 7.05. The Balaban J connectivity index is 1.06. The summed E-state index contributed by atoms with van der Waals surface area (Å²) < 4.78 is 7.05. The lowest BCUT2D eigenvalue weighted by atomic mass is 9.57. The molecule has 1 aliphatic heterocycles. The minimum Gasteiger partial charge on any atom is -0.485 e. The Bertz CT molecular complexity index is 3170. The highest BCUT2D eigenvalue weighted by Crippen LogP contribution is 2.57. The molecule has 8 aromatic rings. The molecule has 0 aromatic heterocycles. The molecule has 4 atom stereocenters. The van der Waals surface area contributed by atoms with Crippen LogP contribution in [0.25, 0.3) is 39.1 Å². The Morgan fingerprint density at radius 1 is 0.524 bits per heavy atom. The summed E-state index contributed by atoms with van der Waals surface area (Å²) in [4.78, 5) is 2.44. The molecule has 2 nitrogen and oxygen atoms in total. The second-order valence-corrected chi connectivity index (χ2v) is 18.5. The van der Waals surface area contributed by atoms with Gasteiger partial charge in [-0.1, -0.05) is 172 Å². The van der Waals surface area contributed by atoms with Crippen LogP contribution in [0.5, 0.6) is 5.75 Å². The van der Waals surface area contributed by atoms with E-state index in [0.29, 0.717) is 5.92 Å². The van der Waals surface area contributed by atoms with Crippen LogP contribution in [-0.4, -0.2) is 6.10 Å². The third-order valence-corrected chi connectivity index (χ3v) is 14.5. The zero-order valence-electron chi connectivity index (χ0n) is 36.0. The monoisotopic (exact) mass is 811 g/mol. The zero-order chi connectivity index (χ0) is 42.3. The van der Waals surface area contributed by atoms with Crippen molar-refractivity contribution in [1.82, 2.24) is 0 Å². The lowest BCUT2D eigenvalue weighted by molar-refractivity contribution is 0.139. The largest absolute Gasteiger partial charge is 0.485 e. The summed E-state index contributed by atoms with van der Waals surface area (Å²) in [5.74, 6) is 1.50. The maximum absolute atomic E-state index is 7.05. The van der Waals surface area contributed by atoms with Crippen molar-refractivity contribution in [3.05, 3.63) is 245 Å². The van der Waals surface area contributed by atoms with Crippen molar-refractivity contribution < 1.29 is 4.74 Å². The van der Waals surface area contributed by atoms with Gasteiger partial charge in [0.1, 0.15) is 11.9 Å². The number of nitrogens with zero attached hydrogens (tertiary/aromatic N) is 1. The van der Waals surface area contributed by atoms with Crippen LogP contribution in [0.4, 0.5) is 17.1 Å². The molecule has 4 aliphatic rings. The van der Waals surface area contributed by atoms with E-state index in [1.165, 1.54) is 72.0 Å². The molecule has 304 valence electrons. The molecular weight excluding hydrogens is 763 g/mol. The molecule has 0 N–H and O–H groups in total. The van der Waals surface area contributed by atoms with Gasteiger partial charge in [-0.05, 0) is 139 Å². The number of fused-ring (bicyclic) bond motifs is 7. The Labute approximate surface area is 371 Å². The summed E-state index contributed by atoms with van der Waals surface area (Å²) in [6.45, 7) is 7.03. The van der Waals surface area contributed by atoms with Crippen molar-refractivity contribution in [2.75, 3.05) is 4.90 Å². The van der Waals surface area contributed by atoms with E-state index in [4.69, 9.17) is 4.74 Å². The van der Waals surface area contributed by atoms with Gasteiger partial charge in [-0.3, -0.25) is 0 Å². The molecule has 12 rings (SSSR count). The van der Waals surface area contributed by atoms with Crippen LogP contribution >= 0.6 is 0 Å². The number of allylic oxidation sites excluding steroid dienone is 3. The molecule has 0 radical (unpaired) electrons. The topological polar surface area (TPSA) is 12.5 Å². The number of hydrogen-bond acceptors (Lipinski definition) is 2. The molecule has 8 aromatic carbocycles. The highest BCUT2D eigenvalue weighted by atomic mass is 16.5. The van der Waals surface area contributed by atoms with Crippen molar-refractivity contribution in [3.63, 3.8) is 0 Å². The summed E-state index contributed by atoms with van der Waals surface area (Å²) in [6, 6.07) is 65.9. The van der Waals surface area contributed by atoms with Crippen LogP contribution < -0.4 is 9.64 Å². The Morgan fingerprint density at radius 3 is 2.02 bits per heavy atom. The summed E-state index contributed by atoms with van der Waals surface area (Å²) in [6.07, 6.45) is 14.6. The van der Waals surface area contributed by atoms with Crippen molar-refractivity contribution in [3.8, 4) is 28.0 Å². The minimum atomic E-state index is -0.542. The van der Waals surface area contributed by atoms with E-state index in [9.17, 15) is 0 Å². The van der Waals surface area contributed by atoms with E-state index < -0.39 is 5.41 Å². The fourth-order valence-corrected chi connectivity index (χ4v) is 11.4. The van der Waals surface area contributed by atoms with Crippen molar-refractivity contribution in [1.29, 1.82) is 0 Å². The van der Waals surface area contributed by atoms with Crippen LogP contribution in [-0.2, 0) is 17.3 Å². The van der Waals surface area contributed by atoms with Gasteiger partial charge < -0.3 is 9.64 Å². The molecule has 0 fully saturated rings. The Kier molecular flexibility index (Phi) is 8.63. The molecule has 0 amide bonds. The second kappa shape index (κ2) is 14.5. The number of rotatable bonds is 6. The molecule has 0 bridgehead atoms. The number of benzene rings is 8. The third-order valence-electron chi connectivity index (χ3n) is 14.5. The van der Waals surface area contributed by atoms with Crippen LogP contribution in [0.2, 0.25) is 0 Å². The highest BCUT2D eigenvalue weighted by molar-refractivity contribution is 5.87. The molecule has 1 heterocycles. The average Bonchev–Trinajstić information content (AvgIpc) is 3.56. The van der Waals surface area contributed by atoms with Gasteiger partial charge in [0.15, 0.2) is 0 Å². The van der Waals surface area contributed by atoms with Crippen LogP contribution in [0, 0.1) is 11.8 Å². The second-order valence-electron chi connectivity index (χ2n) is 18.5. The van der Waals surface area contributed by atoms with Crippen LogP contribution in [0.3, 0.4) is 0 Å². The lowest BCUT2D eigenvalue weighted by Gasteiger charge is -2.49. The minimum absolute atomic E-state index is 0.0220. The molecule has 0 saturated heterocycles. The van der Waals surface area contributed by atoms with E-state index in [2.05, 4.69) is 238 Å². The molecule has 0 spiro atoms. The number of anilines is 3. The fourth-order valence-electron chi connectivity index (χ4n) is 11.4. The molecular formula is C61H49NO. The Hall–Kier alpha value is -7.16. The van der Waals surface area contributed by atoms with Gasteiger partial charge in [0, 0.05) is 34.0 Å². The zero-order valence-corrected chi connectivity index (χ0v) is 36.0. The smallest absolute Gasteiger partial charge is 0.125 e. The molecule has 63 heavy (non-hydrogen) atoms. The lowest BCUT2D eigenvalue weighted by Crippen LogP contribution is -2.49. The quantitative estimate of drug-likeness (QED) is 0.166. The SMILES string of the molecule is CC1C=Cc2cc3c(cc2C1)OC1C=CC=CC1C3(c1ccc(N(c2ccc(-c3ccccc3)cc2)c2ccc3c(c2)C(C)(C)c2ccccc2-3)cc1)c1ccc2ccccc2c1. The number of ether oxygens (including phenoxy) is 1. The first kappa shape index (κ1) is 37.6. The van der Waals surface area contributed by atoms with E-state index in [1.54, 1.807) is 0 Å². The van der Waals surface area contributed by atoms with Crippen LogP contribution in [0.1, 0.15) is 59.7 Å². The first-order valence-corrected chi connectivity index (χ1v) is 22.5. The van der Waals surface area contributed by atoms with Gasteiger partial charge in [-0.25, -0.2) is 0 Å². The standard InChI is InChI=1S/C61H49NO/c1-40-21-22-45-37-57-59(38-46(45)35-40)63-58-20-12-11-19-55(58)61(57,48-26-23-42-15-7-8-16-44(42)36-48)47-27-31-50(32-28-47)62(49-29-24-43(25-30-49)41-13-5-4-6-14-41)51-33-34-53-52-17-9-10-18-54(52)60(2,3)56(53)39-51/h4-34,36-40,55,58H,35H2,1-3H3. The summed E-state index contributed by atoms with van der Waals surface area (Å²) in [5.41, 5.74) is 16.9. The van der Waals surface area contributed by atoms with Gasteiger partial charge in [0.2, 0.25) is 0 Å². The van der Waals surface area contributed by atoms with Crippen molar-refractivity contribution in [2.45, 2.75) is 44.1 Å². The normalized spacial score (nSPS) is 20.8. The van der Waals surface area contributed by atoms with Gasteiger partial charge in [0.25, 0.3) is 0 Å². The maximum Gasteiger partial charge on any atom is 0.125 e. The van der Waals surface area contributed by atoms with Gasteiger partial charge in [-0.15, -0.1) is 0 Å². The number of hydrogen-bond donors (Lipinski definition) is 0. The third kappa shape index (κ3) is 5.92. The van der Waals surface area contributed by atoms with E-state index >= 15 is 0 Å². The summed E-state index contributed by atoms with van der Waals surface area (Å²) >= 11 is 0. The van der Waals surface area contributed by atoms with Gasteiger partial charge >= 0.3 is 0 Å². The molecule has 4 unspecified atom stereocenters. The molecule has 0 saturated carbocycles. The van der Waals surface area contributed by atoms with Gasteiger partial charge in [-0.2, -0.15) is 0 Å². The summed E-state index contributed by atoms with van der Waals surface area (Å²) in [5, 5.41) is 2.48. The fraction of sp³-hybridized carbons (Fsp3) is 0.148. The average molecular weight is 812 g/mol. The molecule has 3 aliphatic carbocycles. The van der Waals surface area contributed by atoms with E-state index in [0.717, 1.165) is 29.2 Å². The first-order chi connectivity index (χ1) is 30.9. The van der Waals surface area contributed by atoms with Crippen molar-refractivity contribution >= 4 is 33.9 Å². The van der Waals surface area contributed by atoms with Gasteiger partial charge in [0.05, 0.1) is 5.41 Å². The summed E-state index contributed by atoms with van der Waals surface area (Å²) in [7, 11) is 0. The highest BCUT2D eigenvalue weighted by Gasteiger charge is 2.52. The predicted molar refractivity (Wildman–Crippen MR) is 262 cm³/mol. The van der Waals surface area contributed by atoms with E-state index in [1.807, 2.05) is 0 Å².